The zero-order valence-electron chi connectivity index (χ0n) is 13.5. The van der Waals surface area contributed by atoms with E-state index in [1.54, 1.807) is 23.1 Å². The molecule has 0 radical (unpaired) electrons. The van der Waals surface area contributed by atoms with Crippen LogP contribution in [0.5, 0.6) is 5.75 Å². The van der Waals surface area contributed by atoms with Crippen LogP contribution < -0.4 is 15.4 Å². The molecule has 22 heavy (non-hydrogen) atoms. The topological polar surface area (TPSA) is 72.6 Å². The van der Waals surface area contributed by atoms with E-state index in [0.29, 0.717) is 42.8 Å². The first kappa shape index (κ1) is 16.5. The van der Waals surface area contributed by atoms with Crippen LogP contribution in [0.4, 0.5) is 5.69 Å². The summed E-state index contributed by atoms with van der Waals surface area (Å²) >= 11 is 0. The molecule has 5 nitrogen and oxygen atoms in total. The fourth-order valence-electron chi connectivity index (χ4n) is 2.65. The number of carbonyl (C=O) groups excluding carboxylic acids is 2. The molecule has 1 atom stereocenters. The minimum absolute atomic E-state index is 0.0126. The van der Waals surface area contributed by atoms with Gasteiger partial charge in [0.1, 0.15) is 5.75 Å². The van der Waals surface area contributed by atoms with Gasteiger partial charge in [-0.3, -0.25) is 9.59 Å². The molecule has 5 heteroatoms. The zero-order chi connectivity index (χ0) is 16.3. The molecule has 1 heterocycles. The second-order valence-electron chi connectivity index (χ2n) is 5.81. The first-order valence-corrected chi connectivity index (χ1v) is 7.86. The van der Waals surface area contributed by atoms with Gasteiger partial charge in [-0.15, -0.1) is 0 Å². The van der Waals surface area contributed by atoms with E-state index in [1.807, 2.05) is 20.8 Å². The molecular weight excluding hydrogens is 280 g/mol. The number of carbonyl (C=O) groups is 2. The first-order valence-electron chi connectivity index (χ1n) is 7.86. The van der Waals surface area contributed by atoms with Gasteiger partial charge in [-0.25, -0.2) is 0 Å². The summed E-state index contributed by atoms with van der Waals surface area (Å²) in [6.45, 7) is 6.34. The van der Waals surface area contributed by atoms with Crippen LogP contribution in [-0.2, 0) is 4.79 Å². The van der Waals surface area contributed by atoms with Crippen molar-refractivity contribution >= 4 is 17.4 Å². The summed E-state index contributed by atoms with van der Waals surface area (Å²) in [6.07, 6.45) is 1.26. The van der Waals surface area contributed by atoms with Crippen LogP contribution in [0.1, 0.15) is 50.4 Å². The Morgan fingerprint density at radius 1 is 1.41 bits per heavy atom. The van der Waals surface area contributed by atoms with E-state index in [0.717, 1.165) is 0 Å². The quantitative estimate of drug-likeness (QED) is 0.820. The smallest absolute Gasteiger partial charge is 0.268 e. The van der Waals surface area contributed by atoms with E-state index in [4.69, 9.17) is 10.5 Å². The van der Waals surface area contributed by atoms with Gasteiger partial charge in [0.05, 0.1) is 5.69 Å². The van der Waals surface area contributed by atoms with E-state index in [2.05, 4.69) is 0 Å². The van der Waals surface area contributed by atoms with Crippen molar-refractivity contribution in [1.82, 2.24) is 0 Å². The molecule has 120 valence electrons. The predicted molar refractivity (Wildman–Crippen MR) is 86.4 cm³/mol. The van der Waals surface area contributed by atoms with Crippen molar-refractivity contribution in [3.63, 3.8) is 0 Å². The number of nitrogens with zero attached hydrogens (tertiary/aromatic N) is 1. The standard InChI is InChI=1S/C17H24N2O3/c1-4-15-17(21)19(11(2)3)13-10-12(7-8-16(13)22-15)14(20)6-5-9-18/h7-8,10-11,15H,4-6,9,18H2,1-3H3. The van der Waals surface area contributed by atoms with Gasteiger partial charge in [0.2, 0.25) is 0 Å². The first-order chi connectivity index (χ1) is 10.5. The van der Waals surface area contributed by atoms with Gasteiger partial charge in [0.15, 0.2) is 11.9 Å². The second kappa shape index (κ2) is 6.92. The highest BCUT2D eigenvalue weighted by Crippen LogP contribution is 2.37. The average Bonchev–Trinajstić information content (AvgIpc) is 2.50. The number of fused-ring (bicyclic) bond motifs is 1. The SMILES string of the molecule is CCC1Oc2ccc(C(=O)CCCN)cc2N(C(C)C)C1=O. The van der Waals surface area contributed by atoms with Crippen LogP contribution in [0, 0.1) is 0 Å². The maximum atomic E-state index is 12.5. The van der Waals surface area contributed by atoms with Gasteiger partial charge in [-0.1, -0.05) is 6.92 Å². The maximum absolute atomic E-state index is 12.5. The highest BCUT2D eigenvalue weighted by molar-refractivity contribution is 6.03. The molecular formula is C17H24N2O3. The van der Waals surface area contributed by atoms with E-state index in [9.17, 15) is 9.59 Å². The molecule has 0 bridgehead atoms. The Morgan fingerprint density at radius 2 is 2.14 bits per heavy atom. The van der Waals surface area contributed by atoms with Crippen LogP contribution >= 0.6 is 0 Å². The summed E-state index contributed by atoms with van der Waals surface area (Å²) < 4.78 is 5.77. The molecule has 0 saturated heterocycles. The number of rotatable bonds is 6. The van der Waals surface area contributed by atoms with E-state index in [-0.39, 0.29) is 17.7 Å². The lowest BCUT2D eigenvalue weighted by Crippen LogP contribution is -2.48. The van der Waals surface area contributed by atoms with E-state index in [1.165, 1.54) is 0 Å². The summed E-state index contributed by atoms with van der Waals surface area (Å²) in [6, 6.07) is 5.32. The summed E-state index contributed by atoms with van der Waals surface area (Å²) in [4.78, 5) is 26.4. The van der Waals surface area contributed by atoms with Crippen molar-refractivity contribution < 1.29 is 14.3 Å². The van der Waals surface area contributed by atoms with Gasteiger partial charge >= 0.3 is 0 Å². The number of ketones is 1. The summed E-state index contributed by atoms with van der Waals surface area (Å²) in [5.41, 5.74) is 6.74. The van der Waals surface area contributed by atoms with Gasteiger partial charge in [-0.2, -0.15) is 0 Å². The number of hydrogen-bond donors (Lipinski definition) is 1. The third-order valence-electron chi connectivity index (χ3n) is 3.82. The van der Waals surface area contributed by atoms with Crippen LogP contribution in [0.2, 0.25) is 0 Å². The van der Waals surface area contributed by atoms with Crippen molar-refractivity contribution in [2.75, 3.05) is 11.4 Å². The number of anilines is 1. The molecule has 0 saturated carbocycles. The summed E-state index contributed by atoms with van der Waals surface area (Å²) in [7, 11) is 0. The Kier molecular flexibility index (Phi) is 5.19. The number of hydrogen-bond acceptors (Lipinski definition) is 4. The highest BCUT2D eigenvalue weighted by atomic mass is 16.5. The molecule has 2 N–H and O–H groups in total. The van der Waals surface area contributed by atoms with Gasteiger partial charge in [-0.05, 0) is 51.4 Å². The molecule has 2 rings (SSSR count). The lowest BCUT2D eigenvalue weighted by Gasteiger charge is -2.36. The van der Waals surface area contributed by atoms with Crippen molar-refractivity contribution in [3.8, 4) is 5.75 Å². The van der Waals surface area contributed by atoms with E-state index < -0.39 is 6.10 Å². The largest absolute Gasteiger partial charge is 0.478 e. The summed E-state index contributed by atoms with van der Waals surface area (Å²) in [5, 5.41) is 0. The fourth-order valence-corrected chi connectivity index (χ4v) is 2.65. The Balaban J connectivity index is 2.38. The average molecular weight is 304 g/mol. The Morgan fingerprint density at radius 3 is 2.73 bits per heavy atom. The van der Waals surface area contributed by atoms with Gasteiger partial charge in [0, 0.05) is 18.0 Å². The van der Waals surface area contributed by atoms with Crippen molar-refractivity contribution in [2.24, 2.45) is 5.73 Å². The predicted octanol–water partition coefficient (Wildman–Crippen LogP) is 2.52. The second-order valence-corrected chi connectivity index (χ2v) is 5.81. The molecule has 1 unspecified atom stereocenters. The lowest BCUT2D eigenvalue weighted by atomic mass is 10.0. The van der Waals surface area contributed by atoms with Gasteiger partial charge in [0.25, 0.3) is 5.91 Å². The van der Waals surface area contributed by atoms with Crippen LogP contribution in [0.25, 0.3) is 0 Å². The Bertz CT molecular complexity index is 569. The number of amides is 1. The lowest BCUT2D eigenvalue weighted by molar-refractivity contribution is -0.126. The Labute approximate surface area is 131 Å². The maximum Gasteiger partial charge on any atom is 0.268 e. The number of nitrogens with two attached hydrogens (primary N) is 1. The molecule has 0 spiro atoms. The number of ether oxygens (including phenoxy) is 1. The number of Topliss-reactive ketones (excluding diaryl/α,β-unsaturated/α-hetero) is 1. The minimum Gasteiger partial charge on any atom is -0.478 e. The van der Waals surface area contributed by atoms with Crippen molar-refractivity contribution in [3.05, 3.63) is 23.8 Å². The zero-order valence-corrected chi connectivity index (χ0v) is 13.5. The molecule has 1 aliphatic rings. The molecule has 0 aromatic heterocycles. The molecule has 0 aliphatic carbocycles. The molecule has 1 aromatic rings. The molecule has 1 amide bonds. The fraction of sp³-hybridized carbons (Fsp3) is 0.529. The molecule has 1 aliphatic heterocycles. The monoisotopic (exact) mass is 304 g/mol. The number of benzene rings is 1. The van der Waals surface area contributed by atoms with Crippen molar-refractivity contribution in [1.29, 1.82) is 0 Å². The summed E-state index contributed by atoms with van der Waals surface area (Å²) in [5.74, 6) is 0.661. The Hall–Kier alpha value is -1.88. The van der Waals surface area contributed by atoms with Crippen molar-refractivity contribution in [2.45, 2.75) is 52.2 Å². The molecule has 1 aromatic carbocycles. The normalized spacial score (nSPS) is 17.4. The highest BCUT2D eigenvalue weighted by Gasteiger charge is 2.35. The van der Waals surface area contributed by atoms with Gasteiger partial charge < -0.3 is 15.4 Å². The van der Waals surface area contributed by atoms with Crippen LogP contribution in [0.3, 0.4) is 0 Å². The third-order valence-corrected chi connectivity index (χ3v) is 3.82. The third kappa shape index (κ3) is 3.14. The van der Waals surface area contributed by atoms with Crippen LogP contribution in [-0.4, -0.2) is 30.4 Å². The molecule has 0 fully saturated rings. The minimum atomic E-state index is -0.450. The van der Waals surface area contributed by atoms with E-state index >= 15 is 0 Å². The van der Waals surface area contributed by atoms with Crippen LogP contribution in [0.15, 0.2) is 18.2 Å².